The Morgan fingerprint density at radius 2 is 2.05 bits per heavy atom. The summed E-state index contributed by atoms with van der Waals surface area (Å²) < 4.78 is 8.55. The van der Waals surface area contributed by atoms with Crippen molar-refractivity contribution >= 4 is 22.6 Å². The largest absolute Gasteiger partial charge is 0.493 e. The Labute approximate surface area is 133 Å². The molecule has 0 amide bonds. The average molecular weight is 385 g/mol. The lowest BCUT2D eigenvalue weighted by atomic mass is 10.0. The number of nitrogens with two attached hydrogens (primary N) is 1. The fraction of sp³-hybridized carbons (Fsp3) is 0.400. The van der Waals surface area contributed by atoms with E-state index in [4.69, 9.17) is 10.5 Å². The van der Waals surface area contributed by atoms with Gasteiger partial charge in [-0.25, -0.2) is 0 Å². The van der Waals surface area contributed by atoms with E-state index in [1.54, 1.807) is 13.3 Å². The average Bonchev–Trinajstić information content (AvgIpc) is 2.85. The van der Waals surface area contributed by atoms with Gasteiger partial charge in [0.25, 0.3) is 0 Å². The van der Waals surface area contributed by atoms with Crippen LogP contribution in [0.2, 0.25) is 0 Å². The summed E-state index contributed by atoms with van der Waals surface area (Å²) >= 11 is 2.35. The molecule has 1 heterocycles. The first kappa shape index (κ1) is 15.3. The molecule has 1 atom stereocenters. The Bertz CT molecular complexity index is 607. The molecule has 2 N–H and O–H groups in total. The Kier molecular flexibility index (Phi) is 4.70. The standard InChI is InChI=1S/C15H20IN3O/c1-9(2)19-15(12(20-4)8-18-19)14(17)11-7-5-6-10(3)13(11)16/h5-9,14H,17H2,1-4H3. The normalized spacial score (nSPS) is 12.8. The van der Waals surface area contributed by atoms with Crippen LogP contribution in [0.4, 0.5) is 0 Å². The number of rotatable bonds is 4. The van der Waals surface area contributed by atoms with Crippen molar-refractivity contribution in [3.05, 3.63) is 44.8 Å². The molecule has 0 aliphatic rings. The van der Waals surface area contributed by atoms with Crippen LogP contribution in [0.1, 0.15) is 42.8 Å². The van der Waals surface area contributed by atoms with E-state index in [9.17, 15) is 0 Å². The molecular formula is C15H20IN3O. The molecule has 108 valence electrons. The highest BCUT2D eigenvalue weighted by Gasteiger charge is 2.23. The minimum Gasteiger partial charge on any atom is -0.493 e. The number of methoxy groups -OCH3 is 1. The van der Waals surface area contributed by atoms with Gasteiger partial charge >= 0.3 is 0 Å². The summed E-state index contributed by atoms with van der Waals surface area (Å²) in [4.78, 5) is 0. The number of hydrogen-bond acceptors (Lipinski definition) is 3. The number of nitrogens with zero attached hydrogens (tertiary/aromatic N) is 2. The molecule has 1 aromatic heterocycles. The fourth-order valence-electron chi connectivity index (χ4n) is 2.28. The summed E-state index contributed by atoms with van der Waals surface area (Å²) in [5.74, 6) is 0.739. The van der Waals surface area contributed by atoms with E-state index in [-0.39, 0.29) is 12.1 Å². The van der Waals surface area contributed by atoms with Crippen molar-refractivity contribution in [2.24, 2.45) is 5.73 Å². The monoisotopic (exact) mass is 385 g/mol. The first-order valence-corrected chi connectivity index (χ1v) is 7.67. The van der Waals surface area contributed by atoms with Gasteiger partial charge in [-0.2, -0.15) is 5.10 Å². The lowest BCUT2D eigenvalue weighted by Crippen LogP contribution is -2.20. The number of ether oxygens (including phenoxy) is 1. The molecule has 2 rings (SSSR count). The van der Waals surface area contributed by atoms with Crippen LogP contribution in [0.3, 0.4) is 0 Å². The molecule has 0 fully saturated rings. The van der Waals surface area contributed by atoms with Crippen LogP contribution in [-0.4, -0.2) is 16.9 Å². The second kappa shape index (κ2) is 6.13. The van der Waals surface area contributed by atoms with E-state index in [0.717, 1.165) is 17.0 Å². The Morgan fingerprint density at radius 1 is 1.35 bits per heavy atom. The fourth-order valence-corrected chi connectivity index (χ4v) is 2.97. The highest BCUT2D eigenvalue weighted by atomic mass is 127. The maximum atomic E-state index is 6.50. The summed E-state index contributed by atoms with van der Waals surface area (Å²) in [7, 11) is 1.65. The number of aryl methyl sites for hydroxylation is 1. The molecule has 0 spiro atoms. The van der Waals surface area contributed by atoms with Crippen LogP contribution in [0, 0.1) is 10.5 Å². The molecule has 0 aliphatic carbocycles. The van der Waals surface area contributed by atoms with Crippen LogP contribution in [0.15, 0.2) is 24.4 Å². The lowest BCUT2D eigenvalue weighted by molar-refractivity contribution is 0.401. The predicted octanol–water partition coefficient (Wildman–Crippen LogP) is 3.43. The van der Waals surface area contributed by atoms with Gasteiger partial charge in [-0.3, -0.25) is 4.68 Å². The van der Waals surface area contributed by atoms with Crippen molar-refractivity contribution in [3.63, 3.8) is 0 Å². The minimum absolute atomic E-state index is 0.238. The number of hydrogen-bond donors (Lipinski definition) is 1. The molecule has 20 heavy (non-hydrogen) atoms. The van der Waals surface area contributed by atoms with Crippen molar-refractivity contribution in [1.29, 1.82) is 0 Å². The van der Waals surface area contributed by atoms with Gasteiger partial charge in [0.1, 0.15) is 5.69 Å². The molecule has 0 saturated carbocycles. The van der Waals surface area contributed by atoms with E-state index in [1.807, 2.05) is 10.7 Å². The molecule has 4 nitrogen and oxygen atoms in total. The third-order valence-electron chi connectivity index (χ3n) is 3.36. The van der Waals surface area contributed by atoms with Gasteiger partial charge in [0.05, 0.1) is 19.3 Å². The highest BCUT2D eigenvalue weighted by molar-refractivity contribution is 14.1. The first-order valence-electron chi connectivity index (χ1n) is 6.59. The van der Waals surface area contributed by atoms with Crippen LogP contribution < -0.4 is 10.5 Å². The molecule has 0 aliphatic heterocycles. The van der Waals surface area contributed by atoms with Gasteiger partial charge in [-0.1, -0.05) is 18.2 Å². The number of benzene rings is 1. The Hall–Kier alpha value is -1.08. The summed E-state index contributed by atoms with van der Waals surface area (Å²) in [6.07, 6.45) is 1.73. The molecule has 0 bridgehead atoms. The summed E-state index contributed by atoms with van der Waals surface area (Å²) in [6, 6.07) is 6.19. The van der Waals surface area contributed by atoms with Gasteiger partial charge in [0, 0.05) is 9.61 Å². The Balaban J connectivity index is 2.55. The van der Waals surface area contributed by atoms with Crippen molar-refractivity contribution in [3.8, 4) is 5.75 Å². The second-order valence-electron chi connectivity index (χ2n) is 5.09. The highest BCUT2D eigenvalue weighted by Crippen LogP contribution is 2.32. The van der Waals surface area contributed by atoms with Crippen molar-refractivity contribution < 1.29 is 4.74 Å². The molecular weight excluding hydrogens is 365 g/mol. The molecule has 0 radical (unpaired) electrons. The zero-order chi connectivity index (χ0) is 14.9. The van der Waals surface area contributed by atoms with Crippen LogP contribution in [0.25, 0.3) is 0 Å². The molecule has 2 aromatic rings. The smallest absolute Gasteiger partial charge is 0.161 e. The topological polar surface area (TPSA) is 53.1 Å². The predicted molar refractivity (Wildman–Crippen MR) is 89.1 cm³/mol. The maximum Gasteiger partial charge on any atom is 0.161 e. The van der Waals surface area contributed by atoms with Crippen LogP contribution in [0.5, 0.6) is 5.75 Å². The van der Waals surface area contributed by atoms with Crippen LogP contribution in [-0.2, 0) is 0 Å². The van der Waals surface area contributed by atoms with Gasteiger partial charge in [-0.15, -0.1) is 0 Å². The van der Waals surface area contributed by atoms with E-state index in [0.29, 0.717) is 0 Å². The molecule has 5 heteroatoms. The maximum absolute atomic E-state index is 6.50. The zero-order valence-electron chi connectivity index (χ0n) is 12.2. The van der Waals surface area contributed by atoms with E-state index >= 15 is 0 Å². The third kappa shape index (κ3) is 2.69. The Morgan fingerprint density at radius 3 is 2.65 bits per heavy atom. The lowest BCUT2D eigenvalue weighted by Gasteiger charge is -2.20. The zero-order valence-corrected chi connectivity index (χ0v) is 14.4. The first-order chi connectivity index (χ1) is 9.47. The molecule has 1 aromatic carbocycles. The third-order valence-corrected chi connectivity index (χ3v) is 4.83. The van der Waals surface area contributed by atoms with E-state index < -0.39 is 0 Å². The molecule has 0 saturated heterocycles. The SMILES string of the molecule is COc1cnn(C(C)C)c1C(N)c1cccc(C)c1I. The summed E-state index contributed by atoms with van der Waals surface area (Å²) in [6.45, 7) is 6.27. The van der Waals surface area contributed by atoms with E-state index in [2.05, 4.69) is 60.6 Å². The number of aromatic nitrogens is 2. The van der Waals surface area contributed by atoms with Gasteiger partial charge < -0.3 is 10.5 Å². The quantitative estimate of drug-likeness (QED) is 0.821. The van der Waals surface area contributed by atoms with Crippen molar-refractivity contribution in [1.82, 2.24) is 9.78 Å². The number of halogens is 1. The van der Waals surface area contributed by atoms with Gasteiger partial charge in [-0.05, 0) is 54.5 Å². The van der Waals surface area contributed by atoms with Crippen LogP contribution >= 0.6 is 22.6 Å². The van der Waals surface area contributed by atoms with E-state index in [1.165, 1.54) is 9.13 Å². The van der Waals surface area contributed by atoms with Gasteiger partial charge in [0.15, 0.2) is 5.75 Å². The molecule has 1 unspecified atom stereocenters. The van der Waals surface area contributed by atoms with Crippen molar-refractivity contribution in [2.45, 2.75) is 32.9 Å². The summed E-state index contributed by atoms with van der Waals surface area (Å²) in [5.41, 5.74) is 9.75. The summed E-state index contributed by atoms with van der Waals surface area (Å²) in [5, 5.41) is 4.39. The second-order valence-corrected chi connectivity index (χ2v) is 6.17. The minimum atomic E-state index is -0.248. The van der Waals surface area contributed by atoms with Gasteiger partial charge in [0.2, 0.25) is 0 Å². The van der Waals surface area contributed by atoms with Crippen molar-refractivity contribution in [2.75, 3.05) is 7.11 Å².